The summed E-state index contributed by atoms with van der Waals surface area (Å²) < 4.78 is 27.6. The van der Waals surface area contributed by atoms with Crippen molar-refractivity contribution in [2.75, 3.05) is 10.0 Å². The van der Waals surface area contributed by atoms with Crippen LogP contribution in [-0.4, -0.2) is 24.3 Å². The van der Waals surface area contributed by atoms with E-state index in [1.165, 1.54) is 12.1 Å². The van der Waals surface area contributed by atoms with E-state index < -0.39 is 10.0 Å². The number of nitrogens with zero attached hydrogens (tertiary/aromatic N) is 2. The van der Waals surface area contributed by atoms with Gasteiger partial charge in [-0.1, -0.05) is 20.8 Å². The molecular formula is C21H28N4O3S. The van der Waals surface area contributed by atoms with E-state index in [0.717, 1.165) is 19.3 Å². The minimum Gasteiger partial charge on any atom is -0.326 e. The second-order valence-electron chi connectivity index (χ2n) is 9.08. The molecule has 1 aliphatic carbocycles. The Balaban J connectivity index is 1.70. The fourth-order valence-corrected chi connectivity index (χ4v) is 4.53. The van der Waals surface area contributed by atoms with Crippen LogP contribution in [0.25, 0.3) is 0 Å². The third-order valence-electron chi connectivity index (χ3n) is 4.83. The third kappa shape index (κ3) is 5.32. The summed E-state index contributed by atoms with van der Waals surface area (Å²) in [7, 11) is -3.82. The molecule has 3 rings (SSSR count). The Kier molecular flexibility index (Phi) is 5.42. The minimum absolute atomic E-state index is 0.00444. The number of aromatic nitrogens is 2. The van der Waals surface area contributed by atoms with Crippen LogP contribution in [0.15, 0.2) is 35.2 Å². The topological polar surface area (TPSA) is 101 Å². The smallest absolute Gasteiger partial charge is 0.264 e. The summed E-state index contributed by atoms with van der Waals surface area (Å²) in [5.41, 5.74) is 1.71. The second kappa shape index (κ2) is 7.40. The lowest BCUT2D eigenvalue weighted by molar-refractivity contribution is -0.122. The molecular weight excluding hydrogens is 388 g/mol. The Morgan fingerprint density at radius 2 is 1.62 bits per heavy atom. The third-order valence-corrected chi connectivity index (χ3v) is 6.18. The lowest BCUT2D eigenvalue weighted by Gasteiger charge is -2.25. The van der Waals surface area contributed by atoms with Gasteiger partial charge in [-0.15, -0.1) is 0 Å². The Labute approximate surface area is 172 Å². The van der Waals surface area contributed by atoms with Crippen LogP contribution in [0.5, 0.6) is 0 Å². The zero-order valence-electron chi connectivity index (χ0n) is 17.5. The van der Waals surface area contributed by atoms with Gasteiger partial charge in [0.2, 0.25) is 11.9 Å². The lowest BCUT2D eigenvalue weighted by Crippen LogP contribution is -2.28. The highest BCUT2D eigenvalue weighted by atomic mass is 32.2. The molecule has 0 aliphatic heterocycles. The fourth-order valence-electron chi connectivity index (χ4n) is 3.58. The van der Waals surface area contributed by atoms with Crippen molar-refractivity contribution < 1.29 is 13.2 Å². The number of hydrogen-bond acceptors (Lipinski definition) is 5. The van der Waals surface area contributed by atoms with Crippen molar-refractivity contribution in [3.05, 3.63) is 41.7 Å². The standard InChI is InChI=1S/C21H28N4O3S/c1-14-12-15(2)23-19(22-14)25-29(27,28)17-8-6-16(7-9-17)24-18(26)21(10-11-21)13-20(3,4)5/h6-9,12H,10-11,13H2,1-5H3,(H,24,26)(H,22,23,25). The molecule has 0 saturated heterocycles. The predicted molar refractivity (Wildman–Crippen MR) is 113 cm³/mol. The van der Waals surface area contributed by atoms with Crippen molar-refractivity contribution in [1.82, 2.24) is 9.97 Å². The zero-order chi connectivity index (χ0) is 21.4. The maximum absolute atomic E-state index is 12.7. The van der Waals surface area contributed by atoms with Crippen molar-refractivity contribution in [1.29, 1.82) is 0 Å². The molecule has 0 bridgehead atoms. The van der Waals surface area contributed by atoms with Crippen LogP contribution in [0.1, 0.15) is 51.4 Å². The van der Waals surface area contributed by atoms with Gasteiger partial charge < -0.3 is 5.32 Å². The van der Waals surface area contributed by atoms with E-state index in [2.05, 4.69) is 40.8 Å². The summed E-state index contributed by atoms with van der Waals surface area (Å²) in [4.78, 5) is 21.0. The number of amides is 1. The molecule has 1 fully saturated rings. The van der Waals surface area contributed by atoms with Crippen LogP contribution in [0.3, 0.4) is 0 Å². The number of nitrogens with one attached hydrogen (secondary N) is 2. The average molecular weight is 417 g/mol. The Morgan fingerprint density at radius 1 is 1.07 bits per heavy atom. The molecule has 0 unspecified atom stereocenters. The molecule has 1 aromatic heterocycles. The van der Waals surface area contributed by atoms with Gasteiger partial charge in [-0.3, -0.25) is 4.79 Å². The lowest BCUT2D eigenvalue weighted by atomic mass is 9.82. The van der Waals surface area contributed by atoms with E-state index in [1.54, 1.807) is 32.0 Å². The van der Waals surface area contributed by atoms with E-state index >= 15 is 0 Å². The first-order valence-corrected chi connectivity index (χ1v) is 11.1. The molecule has 7 nitrogen and oxygen atoms in total. The molecule has 1 heterocycles. The molecule has 0 radical (unpaired) electrons. The molecule has 1 saturated carbocycles. The van der Waals surface area contributed by atoms with Gasteiger partial charge in [0.15, 0.2) is 0 Å². The highest BCUT2D eigenvalue weighted by molar-refractivity contribution is 7.92. The van der Waals surface area contributed by atoms with Crippen LogP contribution in [0.4, 0.5) is 11.6 Å². The summed E-state index contributed by atoms with van der Waals surface area (Å²) in [6.45, 7) is 9.94. The number of rotatable bonds is 6. The highest BCUT2D eigenvalue weighted by Crippen LogP contribution is 2.53. The van der Waals surface area contributed by atoms with Gasteiger partial charge in [0.25, 0.3) is 10.0 Å². The number of hydrogen-bond donors (Lipinski definition) is 2. The van der Waals surface area contributed by atoms with Gasteiger partial charge >= 0.3 is 0 Å². The van der Waals surface area contributed by atoms with Gasteiger partial charge in [0.1, 0.15) is 0 Å². The van der Waals surface area contributed by atoms with Crippen molar-refractivity contribution in [3.63, 3.8) is 0 Å². The summed E-state index contributed by atoms with van der Waals surface area (Å²) in [6, 6.07) is 7.89. The molecule has 29 heavy (non-hydrogen) atoms. The number of benzene rings is 1. The summed E-state index contributed by atoms with van der Waals surface area (Å²) in [5, 5.41) is 2.93. The van der Waals surface area contributed by atoms with E-state index in [-0.39, 0.29) is 27.6 Å². The van der Waals surface area contributed by atoms with Gasteiger partial charge in [-0.2, -0.15) is 0 Å². The number of carbonyl (C=O) groups is 1. The van der Waals surface area contributed by atoms with E-state index in [1.807, 2.05) is 0 Å². The summed E-state index contributed by atoms with van der Waals surface area (Å²) in [6.07, 6.45) is 2.61. The largest absolute Gasteiger partial charge is 0.326 e. The molecule has 1 aromatic carbocycles. The molecule has 1 aliphatic rings. The second-order valence-corrected chi connectivity index (χ2v) is 10.8. The van der Waals surface area contributed by atoms with E-state index in [4.69, 9.17) is 0 Å². The first-order valence-electron chi connectivity index (χ1n) is 9.65. The van der Waals surface area contributed by atoms with Gasteiger partial charge in [0.05, 0.1) is 10.3 Å². The maximum atomic E-state index is 12.7. The van der Waals surface area contributed by atoms with Crippen LogP contribution < -0.4 is 10.0 Å². The van der Waals surface area contributed by atoms with Gasteiger partial charge in [-0.25, -0.2) is 23.1 Å². The summed E-state index contributed by atoms with van der Waals surface area (Å²) >= 11 is 0. The number of aryl methyl sites for hydroxylation is 2. The number of carbonyl (C=O) groups excluding carboxylic acids is 1. The SMILES string of the molecule is Cc1cc(C)nc(NS(=O)(=O)c2ccc(NC(=O)C3(CC(C)(C)C)CC3)cc2)n1. The molecule has 1 amide bonds. The van der Waals surface area contributed by atoms with Crippen molar-refractivity contribution >= 4 is 27.6 Å². The quantitative estimate of drug-likeness (QED) is 0.740. The van der Waals surface area contributed by atoms with E-state index in [0.29, 0.717) is 17.1 Å². The maximum Gasteiger partial charge on any atom is 0.264 e. The molecule has 156 valence electrons. The van der Waals surface area contributed by atoms with Crippen molar-refractivity contribution in [2.24, 2.45) is 10.8 Å². The molecule has 2 aromatic rings. The predicted octanol–water partition coefficient (Wildman–Crippen LogP) is 4.05. The zero-order valence-corrected chi connectivity index (χ0v) is 18.4. The van der Waals surface area contributed by atoms with Gasteiger partial charge in [0, 0.05) is 17.1 Å². The Bertz CT molecular complexity index is 1000. The minimum atomic E-state index is -3.82. The molecule has 0 spiro atoms. The number of anilines is 2. The Morgan fingerprint density at radius 3 is 2.10 bits per heavy atom. The Hall–Kier alpha value is -2.48. The molecule has 2 N–H and O–H groups in total. The van der Waals surface area contributed by atoms with Crippen LogP contribution in [0, 0.1) is 24.7 Å². The van der Waals surface area contributed by atoms with Crippen LogP contribution in [-0.2, 0) is 14.8 Å². The van der Waals surface area contributed by atoms with Crippen molar-refractivity contribution in [3.8, 4) is 0 Å². The summed E-state index contributed by atoms with van der Waals surface area (Å²) in [5.74, 6) is 0.0440. The fraction of sp³-hybridized carbons (Fsp3) is 0.476. The molecule has 0 atom stereocenters. The normalized spacial score (nSPS) is 15.6. The highest BCUT2D eigenvalue weighted by Gasteiger charge is 2.51. The van der Waals surface area contributed by atoms with Crippen LogP contribution in [0.2, 0.25) is 0 Å². The first-order chi connectivity index (χ1) is 13.4. The number of sulfonamides is 1. The van der Waals surface area contributed by atoms with Crippen molar-refractivity contribution in [2.45, 2.75) is 58.8 Å². The first kappa shape index (κ1) is 21.2. The van der Waals surface area contributed by atoms with Crippen LogP contribution >= 0.6 is 0 Å². The van der Waals surface area contributed by atoms with Gasteiger partial charge in [-0.05, 0) is 68.9 Å². The monoisotopic (exact) mass is 416 g/mol. The average Bonchev–Trinajstić information content (AvgIpc) is 3.32. The van der Waals surface area contributed by atoms with E-state index in [9.17, 15) is 13.2 Å². The molecule has 8 heteroatoms.